The van der Waals surface area contributed by atoms with Crippen LogP contribution in [0.1, 0.15) is 20.8 Å². The first-order chi connectivity index (χ1) is 5.60. The number of hydrogen-bond acceptors (Lipinski definition) is 3. The predicted molar refractivity (Wildman–Crippen MR) is 43.0 cm³/mol. The summed E-state index contributed by atoms with van der Waals surface area (Å²) in [6.45, 7) is 4.68. The topological polar surface area (TPSA) is 38.3 Å². The highest BCUT2D eigenvalue weighted by Crippen LogP contribution is 2.27. The molecular formula is C6H10F3NO2S. The van der Waals surface area contributed by atoms with Crippen LogP contribution in [0.5, 0.6) is 0 Å². The Morgan fingerprint density at radius 2 is 1.77 bits per heavy atom. The Balaban J connectivity index is 3.78. The van der Waals surface area contributed by atoms with Crippen molar-refractivity contribution in [2.45, 2.75) is 31.9 Å². The summed E-state index contributed by atoms with van der Waals surface area (Å²) in [7, 11) is 0. The third-order valence-corrected chi connectivity index (χ3v) is 1.15. The average molecular weight is 217 g/mol. The molecule has 0 aromatic heterocycles. The largest absolute Gasteiger partial charge is 0.461 e. The van der Waals surface area contributed by atoms with Crippen molar-refractivity contribution >= 4 is 18.0 Å². The Hall–Kier alpha value is -0.590. The van der Waals surface area contributed by atoms with E-state index >= 15 is 0 Å². The van der Waals surface area contributed by atoms with Crippen molar-refractivity contribution in [1.82, 2.24) is 4.72 Å². The lowest BCUT2D eigenvalue weighted by Gasteiger charge is -2.19. The molecule has 78 valence electrons. The summed E-state index contributed by atoms with van der Waals surface area (Å²) in [4.78, 5) is 10.7. The smallest absolute Gasteiger partial charge is 0.443 e. The van der Waals surface area contributed by atoms with Gasteiger partial charge in [-0.1, -0.05) is 0 Å². The molecule has 7 heteroatoms. The molecule has 13 heavy (non-hydrogen) atoms. The van der Waals surface area contributed by atoms with Gasteiger partial charge < -0.3 is 4.74 Å². The van der Waals surface area contributed by atoms with Crippen molar-refractivity contribution in [2.75, 3.05) is 0 Å². The second-order valence-corrected chi connectivity index (χ2v) is 4.02. The van der Waals surface area contributed by atoms with Crippen LogP contribution in [0.4, 0.5) is 18.0 Å². The van der Waals surface area contributed by atoms with Gasteiger partial charge in [0.2, 0.25) is 0 Å². The minimum Gasteiger partial charge on any atom is -0.443 e. The van der Waals surface area contributed by atoms with Crippen LogP contribution in [0.25, 0.3) is 0 Å². The summed E-state index contributed by atoms with van der Waals surface area (Å²) in [6, 6.07) is 0. The van der Waals surface area contributed by atoms with Crippen molar-refractivity contribution in [2.24, 2.45) is 0 Å². The van der Waals surface area contributed by atoms with Gasteiger partial charge in [-0.15, -0.1) is 0 Å². The predicted octanol–water partition coefficient (Wildman–Crippen LogP) is 2.68. The quantitative estimate of drug-likeness (QED) is 0.686. The summed E-state index contributed by atoms with van der Waals surface area (Å²) in [5, 5.41) is 0. The third kappa shape index (κ3) is 9.32. The number of hydrogen-bond donors (Lipinski definition) is 1. The van der Waals surface area contributed by atoms with Crippen LogP contribution in [0.2, 0.25) is 0 Å². The lowest BCUT2D eigenvalue weighted by atomic mass is 10.2. The molecule has 0 atom stereocenters. The molecule has 0 saturated carbocycles. The van der Waals surface area contributed by atoms with Crippen LogP contribution in [0.15, 0.2) is 0 Å². The van der Waals surface area contributed by atoms with Gasteiger partial charge in [0, 0.05) is 0 Å². The fraction of sp³-hybridized carbons (Fsp3) is 0.833. The number of carbonyl (C=O) groups is 1. The van der Waals surface area contributed by atoms with E-state index in [9.17, 15) is 18.0 Å². The summed E-state index contributed by atoms with van der Waals surface area (Å²) in [5.41, 5.74) is -5.28. The summed E-state index contributed by atoms with van der Waals surface area (Å²) < 4.78 is 40.7. The van der Waals surface area contributed by atoms with E-state index in [0.717, 1.165) is 0 Å². The number of halogens is 3. The van der Waals surface area contributed by atoms with E-state index in [1.807, 2.05) is 0 Å². The van der Waals surface area contributed by atoms with Gasteiger partial charge in [0.15, 0.2) is 0 Å². The van der Waals surface area contributed by atoms with Gasteiger partial charge in [-0.25, -0.2) is 4.79 Å². The summed E-state index contributed by atoms with van der Waals surface area (Å²) >= 11 is -0.642. The third-order valence-electron chi connectivity index (χ3n) is 0.649. The molecule has 1 N–H and O–H groups in total. The van der Waals surface area contributed by atoms with E-state index in [2.05, 4.69) is 4.74 Å². The maximum absolute atomic E-state index is 11.5. The lowest BCUT2D eigenvalue weighted by molar-refractivity contribution is -0.0339. The molecule has 0 saturated heterocycles. The van der Waals surface area contributed by atoms with E-state index in [4.69, 9.17) is 0 Å². The molecule has 0 fully saturated rings. The summed E-state index contributed by atoms with van der Waals surface area (Å²) in [6.07, 6.45) is -1.10. The van der Waals surface area contributed by atoms with Gasteiger partial charge in [-0.3, -0.25) is 4.72 Å². The van der Waals surface area contributed by atoms with Crippen LogP contribution < -0.4 is 4.72 Å². The Labute approximate surface area is 78.1 Å². The van der Waals surface area contributed by atoms with Gasteiger partial charge in [0.1, 0.15) is 5.60 Å². The molecule has 0 heterocycles. The molecule has 0 aromatic rings. The van der Waals surface area contributed by atoms with E-state index in [0.29, 0.717) is 0 Å². The van der Waals surface area contributed by atoms with Crippen LogP contribution in [-0.4, -0.2) is 17.2 Å². The molecule has 0 bridgehead atoms. The van der Waals surface area contributed by atoms with E-state index in [-0.39, 0.29) is 0 Å². The highest BCUT2D eigenvalue weighted by Gasteiger charge is 2.31. The Kier molecular flexibility index (Phi) is 3.89. The minimum atomic E-state index is -4.49. The van der Waals surface area contributed by atoms with Crippen molar-refractivity contribution in [3.63, 3.8) is 0 Å². The number of nitrogens with one attached hydrogen (secondary N) is 1. The molecule has 0 aliphatic rings. The second kappa shape index (κ2) is 4.08. The van der Waals surface area contributed by atoms with Crippen LogP contribution in [0, 0.1) is 0 Å². The van der Waals surface area contributed by atoms with Crippen molar-refractivity contribution in [3.05, 3.63) is 0 Å². The van der Waals surface area contributed by atoms with E-state index in [1.54, 1.807) is 20.8 Å². The minimum absolute atomic E-state index is 0.642. The van der Waals surface area contributed by atoms with Gasteiger partial charge in [-0.2, -0.15) is 13.2 Å². The van der Waals surface area contributed by atoms with Crippen molar-refractivity contribution in [3.8, 4) is 0 Å². The summed E-state index contributed by atoms with van der Waals surface area (Å²) in [5.74, 6) is 0. The Bertz CT molecular complexity index is 187. The maximum atomic E-state index is 11.5. The molecule has 3 nitrogen and oxygen atoms in total. The van der Waals surface area contributed by atoms with Gasteiger partial charge >= 0.3 is 11.6 Å². The normalized spacial score (nSPS) is 12.5. The number of amides is 1. The highest BCUT2D eigenvalue weighted by atomic mass is 32.2. The van der Waals surface area contributed by atoms with Crippen LogP contribution in [-0.2, 0) is 4.74 Å². The fourth-order valence-electron chi connectivity index (χ4n) is 0.398. The lowest BCUT2D eigenvalue weighted by Crippen LogP contribution is -2.30. The zero-order chi connectivity index (χ0) is 10.7. The standard InChI is InChI=1S/C6H10F3NO2S/c1-5(2,3)12-4(11)10-13-6(7,8)9/h1-3H3,(H,10,11). The highest BCUT2D eigenvalue weighted by molar-refractivity contribution is 7.98. The van der Waals surface area contributed by atoms with Crippen LogP contribution in [0.3, 0.4) is 0 Å². The fourth-order valence-corrected chi connectivity index (χ4v) is 0.639. The first kappa shape index (κ1) is 12.4. The van der Waals surface area contributed by atoms with Crippen LogP contribution >= 0.6 is 11.9 Å². The molecule has 1 amide bonds. The molecule has 0 aliphatic carbocycles. The van der Waals surface area contributed by atoms with E-state index < -0.39 is 29.2 Å². The van der Waals surface area contributed by atoms with Gasteiger partial charge in [-0.05, 0) is 20.8 Å². The molecule has 0 aromatic carbocycles. The van der Waals surface area contributed by atoms with Gasteiger partial charge in [0.25, 0.3) is 0 Å². The average Bonchev–Trinajstić information content (AvgIpc) is 1.78. The first-order valence-corrected chi connectivity index (χ1v) is 4.15. The monoisotopic (exact) mass is 217 g/mol. The van der Waals surface area contributed by atoms with Crippen molar-refractivity contribution in [1.29, 1.82) is 0 Å². The molecule has 0 spiro atoms. The zero-order valence-electron chi connectivity index (χ0n) is 7.36. The number of carbonyl (C=O) groups excluding carboxylic acids is 1. The Morgan fingerprint density at radius 1 is 1.31 bits per heavy atom. The molecule has 0 unspecified atom stereocenters. The number of rotatable bonds is 1. The number of ether oxygens (including phenoxy) is 1. The molecule has 0 rings (SSSR count). The molecular weight excluding hydrogens is 207 g/mol. The van der Waals surface area contributed by atoms with Crippen molar-refractivity contribution < 1.29 is 22.7 Å². The number of alkyl halides is 3. The molecule has 0 aliphatic heterocycles. The first-order valence-electron chi connectivity index (χ1n) is 3.34. The second-order valence-electron chi connectivity index (χ2n) is 3.15. The zero-order valence-corrected chi connectivity index (χ0v) is 8.18. The van der Waals surface area contributed by atoms with E-state index in [1.165, 1.54) is 4.72 Å². The van der Waals surface area contributed by atoms with Gasteiger partial charge in [0.05, 0.1) is 11.9 Å². The molecule has 0 radical (unpaired) electrons. The Morgan fingerprint density at radius 3 is 2.08 bits per heavy atom. The maximum Gasteiger partial charge on any atom is 0.461 e. The SMILES string of the molecule is CC(C)(C)OC(=O)NSC(F)(F)F.